The van der Waals surface area contributed by atoms with Gasteiger partial charge in [-0.1, -0.05) is 12.1 Å². The zero-order chi connectivity index (χ0) is 27.9. The number of aromatic nitrogens is 4. The molecule has 3 aromatic rings. The van der Waals surface area contributed by atoms with E-state index in [0.29, 0.717) is 38.5 Å². The molecule has 1 aliphatic heterocycles. The van der Waals surface area contributed by atoms with Crippen molar-refractivity contribution in [3.05, 3.63) is 46.4 Å². The van der Waals surface area contributed by atoms with E-state index in [2.05, 4.69) is 16.3 Å². The Bertz CT molecular complexity index is 1320. The number of halogens is 2. The van der Waals surface area contributed by atoms with Gasteiger partial charge in [0.1, 0.15) is 6.20 Å². The second-order valence-electron chi connectivity index (χ2n) is 11.5. The van der Waals surface area contributed by atoms with Crippen LogP contribution in [0.15, 0.2) is 30.6 Å². The van der Waals surface area contributed by atoms with Crippen LogP contribution in [0.1, 0.15) is 71.5 Å². The van der Waals surface area contributed by atoms with Gasteiger partial charge in [0, 0.05) is 12.0 Å². The minimum atomic E-state index is -2.97. The van der Waals surface area contributed by atoms with Crippen LogP contribution in [-0.4, -0.2) is 56.0 Å². The van der Waals surface area contributed by atoms with Gasteiger partial charge >= 0.3 is 12.8 Å². The van der Waals surface area contributed by atoms with E-state index in [4.69, 9.17) is 14.0 Å². The molecule has 0 bridgehead atoms. The van der Waals surface area contributed by atoms with Gasteiger partial charge in [0.15, 0.2) is 0 Å². The van der Waals surface area contributed by atoms with E-state index >= 15 is 0 Å². The first-order valence-electron chi connectivity index (χ1n) is 13.4. The van der Waals surface area contributed by atoms with Crippen molar-refractivity contribution in [1.29, 1.82) is 0 Å². The Morgan fingerprint density at radius 3 is 2.49 bits per heavy atom. The molecular formula is C26H34BF2N5O5. The van der Waals surface area contributed by atoms with E-state index in [1.165, 1.54) is 4.68 Å². The normalized spacial score (nSPS) is 22.7. The van der Waals surface area contributed by atoms with Gasteiger partial charge in [0.05, 0.1) is 47.0 Å². The topological polar surface area (TPSA) is 106 Å². The summed E-state index contributed by atoms with van der Waals surface area (Å²) in [5.41, 5.74) is -0.207. The number of nitrogens with zero attached hydrogens (tertiary/aromatic N) is 5. The fourth-order valence-electron chi connectivity index (χ4n) is 5.27. The first-order chi connectivity index (χ1) is 18.4. The monoisotopic (exact) mass is 545 g/mol. The molecular weight excluding hydrogens is 511 g/mol. The highest BCUT2D eigenvalue weighted by Crippen LogP contribution is 2.37. The van der Waals surface area contributed by atoms with E-state index in [1.54, 1.807) is 0 Å². The quantitative estimate of drug-likeness (QED) is 0.164. The molecule has 3 heterocycles. The molecule has 5 rings (SSSR count). The zero-order valence-corrected chi connectivity index (χ0v) is 22.7. The maximum absolute atomic E-state index is 13.1. The van der Waals surface area contributed by atoms with Crippen molar-refractivity contribution in [1.82, 2.24) is 19.6 Å². The van der Waals surface area contributed by atoms with Crippen molar-refractivity contribution in [3.8, 4) is 0 Å². The third-order valence-electron chi connectivity index (χ3n) is 8.33. The summed E-state index contributed by atoms with van der Waals surface area (Å²) >= 11 is 0. The van der Waals surface area contributed by atoms with E-state index < -0.39 is 41.1 Å². The summed E-state index contributed by atoms with van der Waals surface area (Å²) < 4.78 is 47.8. The lowest BCUT2D eigenvalue weighted by atomic mass is 9.79. The highest BCUT2D eigenvalue weighted by atomic mass is 19.3. The average Bonchev–Trinajstić information content (AvgIpc) is 3.56. The summed E-state index contributed by atoms with van der Waals surface area (Å²) in [6.07, 6.45) is 3.11. The number of fused-ring (bicyclic) bond motifs is 1. The molecule has 0 spiro atoms. The lowest BCUT2D eigenvalue weighted by molar-refractivity contribution is -0.386. The first kappa shape index (κ1) is 27.7. The number of ether oxygens (including phenoxy) is 1. The van der Waals surface area contributed by atoms with Crippen LogP contribution in [0.3, 0.4) is 0 Å². The smallest absolute Gasteiger partial charge is 0.399 e. The summed E-state index contributed by atoms with van der Waals surface area (Å²) in [4.78, 5) is 10.3. The molecule has 2 aromatic heterocycles. The number of nitro groups is 1. The molecule has 1 aromatic carbocycles. The van der Waals surface area contributed by atoms with E-state index in [-0.39, 0.29) is 6.04 Å². The Morgan fingerprint density at radius 1 is 1.18 bits per heavy atom. The summed E-state index contributed by atoms with van der Waals surface area (Å²) in [7, 11) is -0.420. The lowest BCUT2D eigenvalue weighted by Crippen LogP contribution is -2.41. The Balaban J connectivity index is 1.09. The fourth-order valence-corrected chi connectivity index (χ4v) is 5.27. The minimum Gasteiger partial charge on any atom is -0.399 e. The Labute approximate surface area is 225 Å². The van der Waals surface area contributed by atoms with E-state index in [1.807, 2.05) is 50.7 Å². The molecule has 1 saturated carbocycles. The summed E-state index contributed by atoms with van der Waals surface area (Å²) in [5.74, 6) is 0.346. The fraction of sp³-hybridized carbons (Fsp3) is 0.615. The molecule has 13 heteroatoms. The van der Waals surface area contributed by atoms with Crippen LogP contribution in [0.25, 0.3) is 10.9 Å². The van der Waals surface area contributed by atoms with Crippen LogP contribution < -0.4 is 5.46 Å². The second kappa shape index (κ2) is 10.6. The van der Waals surface area contributed by atoms with Gasteiger partial charge in [0.25, 0.3) is 6.43 Å². The summed E-state index contributed by atoms with van der Waals surface area (Å²) in [5, 5.41) is 20.4. The third-order valence-corrected chi connectivity index (χ3v) is 8.33. The molecule has 2 fully saturated rings. The Hall–Kier alpha value is -2.90. The van der Waals surface area contributed by atoms with E-state index in [0.717, 1.165) is 35.4 Å². The van der Waals surface area contributed by atoms with E-state index in [9.17, 15) is 18.9 Å². The molecule has 0 unspecified atom stereocenters. The van der Waals surface area contributed by atoms with Crippen LogP contribution >= 0.6 is 0 Å². The van der Waals surface area contributed by atoms with Crippen molar-refractivity contribution in [3.63, 3.8) is 0 Å². The number of hydrogen-bond acceptors (Lipinski definition) is 7. The van der Waals surface area contributed by atoms with Gasteiger partial charge in [0.2, 0.25) is 5.69 Å². The third kappa shape index (κ3) is 5.57. The van der Waals surface area contributed by atoms with Crippen LogP contribution in [0.4, 0.5) is 14.5 Å². The molecule has 0 radical (unpaired) electrons. The van der Waals surface area contributed by atoms with Gasteiger partial charge < -0.3 is 14.0 Å². The second-order valence-corrected chi connectivity index (χ2v) is 11.5. The van der Waals surface area contributed by atoms with Crippen molar-refractivity contribution < 1.29 is 27.7 Å². The van der Waals surface area contributed by atoms with Crippen LogP contribution in [0, 0.1) is 16.0 Å². The largest absolute Gasteiger partial charge is 0.494 e. The highest BCUT2D eigenvalue weighted by Gasteiger charge is 2.51. The SMILES string of the molecule is CC1(C)OB(c2ccc3c(cnn3CCOCC3CCC(n4cc([N+](=O)[O-])c(C(F)F)n4)CC3)c2)OC1(C)C. The predicted octanol–water partition coefficient (Wildman–Crippen LogP) is 4.83. The summed E-state index contributed by atoms with van der Waals surface area (Å²) in [6.45, 7) is 9.87. The average molecular weight is 545 g/mol. The number of rotatable bonds is 9. The van der Waals surface area contributed by atoms with Crippen LogP contribution in [-0.2, 0) is 20.6 Å². The zero-order valence-electron chi connectivity index (χ0n) is 22.7. The lowest BCUT2D eigenvalue weighted by Gasteiger charge is -2.32. The van der Waals surface area contributed by atoms with Crippen molar-refractivity contribution in [2.24, 2.45) is 5.92 Å². The summed E-state index contributed by atoms with van der Waals surface area (Å²) in [6, 6.07) is 5.98. The molecule has 0 amide bonds. The van der Waals surface area contributed by atoms with Crippen molar-refractivity contribution in [2.75, 3.05) is 13.2 Å². The van der Waals surface area contributed by atoms with Gasteiger partial charge in [-0.15, -0.1) is 0 Å². The molecule has 39 heavy (non-hydrogen) atoms. The van der Waals surface area contributed by atoms with Gasteiger partial charge in [-0.3, -0.25) is 19.5 Å². The molecule has 2 aliphatic rings. The Morgan fingerprint density at radius 2 is 1.87 bits per heavy atom. The van der Waals surface area contributed by atoms with Crippen LogP contribution in [0.2, 0.25) is 0 Å². The maximum atomic E-state index is 13.1. The van der Waals surface area contributed by atoms with Crippen molar-refractivity contribution >= 4 is 29.2 Å². The number of benzene rings is 1. The molecule has 210 valence electrons. The Kier molecular flexibility index (Phi) is 7.51. The number of alkyl halides is 2. The van der Waals surface area contributed by atoms with Gasteiger partial charge in [-0.25, -0.2) is 8.78 Å². The molecule has 0 atom stereocenters. The van der Waals surface area contributed by atoms with Crippen LogP contribution in [0.5, 0.6) is 0 Å². The standard InChI is InChI=1S/C26H34BF2N5O5/c1-25(2)26(3,4)39-27(38-25)19-7-10-21-18(13-19)14-30-32(21)11-12-37-16-17-5-8-20(9-6-17)33-15-22(34(35)36)23(31-33)24(28)29/h7,10,13-15,17,20,24H,5-6,8-9,11-12,16H2,1-4H3. The predicted molar refractivity (Wildman–Crippen MR) is 141 cm³/mol. The first-order valence-corrected chi connectivity index (χ1v) is 13.4. The molecule has 1 saturated heterocycles. The molecule has 1 aliphatic carbocycles. The minimum absolute atomic E-state index is 0.120. The van der Waals surface area contributed by atoms with Crippen molar-refractivity contribution in [2.45, 2.75) is 83.6 Å². The maximum Gasteiger partial charge on any atom is 0.494 e. The van der Waals surface area contributed by atoms with Gasteiger partial charge in [-0.05, 0) is 70.8 Å². The molecule has 10 nitrogen and oxygen atoms in total. The van der Waals surface area contributed by atoms with Gasteiger partial charge in [-0.2, -0.15) is 10.2 Å². The highest BCUT2D eigenvalue weighted by molar-refractivity contribution is 6.62. The number of hydrogen-bond donors (Lipinski definition) is 0. The molecule has 0 N–H and O–H groups in total.